The van der Waals surface area contributed by atoms with E-state index in [9.17, 15) is 43.8 Å². The minimum atomic E-state index is -4.80. The summed E-state index contributed by atoms with van der Waals surface area (Å²) in [6, 6.07) is 0. The molecule has 15 nitrogen and oxygen atoms in total. The molecule has 0 amide bonds. The third-order valence-corrected chi connectivity index (χ3v) is 11.1. The number of ether oxygens (including phenoxy) is 2. The average Bonchev–Trinajstić information content (AvgIpc) is 3.29. The fourth-order valence-electron chi connectivity index (χ4n) is 5.51. The fourth-order valence-corrected chi connectivity index (χ4v) is 7.10. The maximum absolute atomic E-state index is 12.2. The van der Waals surface area contributed by atoms with Crippen LogP contribution in [0, 0.1) is 0 Å². The molecule has 0 aliphatic carbocycles. The van der Waals surface area contributed by atoms with Gasteiger partial charge in [0.15, 0.2) is 0 Å². The Morgan fingerprint density at radius 1 is 0.424 bits per heavy atom. The Kier molecular flexibility index (Phi) is 42.4. The predicted octanol–water partition coefficient (Wildman–Crippen LogP) is 10.7. The summed E-state index contributed by atoms with van der Waals surface area (Å²) < 4.78 is 52.9. The van der Waals surface area contributed by atoms with Crippen LogP contribution in [-0.4, -0.2) is 95.0 Å². The van der Waals surface area contributed by atoms with Crippen LogP contribution in [0.25, 0.3) is 0 Å². The van der Waals surface area contributed by atoms with E-state index in [1.54, 1.807) is 0 Å². The van der Waals surface area contributed by atoms with E-state index >= 15 is 0 Å². The molecular weight excluding hydrogens is 890 g/mol. The van der Waals surface area contributed by atoms with E-state index in [0.29, 0.717) is 12.8 Å². The molecule has 0 spiro atoms. The number of hydrogen-bond donors (Lipinski definition) is 5. The number of rotatable bonds is 44. The van der Waals surface area contributed by atoms with E-state index in [4.69, 9.17) is 9.47 Å². The molecule has 66 heavy (non-hydrogen) atoms. The zero-order valence-corrected chi connectivity index (χ0v) is 41.4. The number of hydrogen-bond acceptors (Lipinski definition) is 13. The quantitative estimate of drug-likeness (QED) is 0.0126. The van der Waals surface area contributed by atoms with Crippen molar-refractivity contribution in [2.45, 2.75) is 161 Å². The Morgan fingerprint density at radius 3 is 1.18 bits per heavy atom. The molecule has 5 atom stereocenters. The van der Waals surface area contributed by atoms with E-state index in [0.717, 1.165) is 64.2 Å². The molecule has 378 valence electrons. The highest BCUT2D eigenvalue weighted by molar-refractivity contribution is 7.47. The molecule has 0 heterocycles. The summed E-state index contributed by atoms with van der Waals surface area (Å²) in [7, 11) is -9.60. The first kappa shape index (κ1) is 63.0. The molecule has 0 aromatic heterocycles. The van der Waals surface area contributed by atoms with Crippen LogP contribution in [0.3, 0.4) is 0 Å². The number of unbranched alkanes of at least 4 members (excludes halogenated alkanes) is 13. The number of carbonyl (C=O) groups excluding carboxylic acids is 2. The highest BCUT2D eigenvalue weighted by Crippen LogP contribution is 2.45. The van der Waals surface area contributed by atoms with Gasteiger partial charge in [-0.05, 0) is 64.2 Å². The van der Waals surface area contributed by atoms with Crippen LogP contribution < -0.4 is 0 Å². The summed E-state index contributed by atoms with van der Waals surface area (Å²) in [5.41, 5.74) is 0. The lowest BCUT2D eigenvalue weighted by Crippen LogP contribution is -2.25. The molecule has 0 rings (SSSR count). The highest BCUT2D eigenvalue weighted by Gasteiger charge is 2.28. The van der Waals surface area contributed by atoms with Gasteiger partial charge in [0, 0.05) is 12.8 Å². The van der Waals surface area contributed by atoms with Crippen LogP contribution in [0.4, 0.5) is 0 Å². The van der Waals surface area contributed by atoms with Gasteiger partial charge in [-0.3, -0.25) is 27.7 Å². The molecule has 0 bridgehead atoms. The number of aliphatic hydroxyl groups excluding tert-OH is 3. The average molecular weight is 973 g/mol. The number of allylic oxidation sites excluding steroid dienone is 16. The fraction of sp³-hybridized carbons (Fsp3) is 0.633. The number of aliphatic hydroxyl groups is 3. The molecule has 0 aromatic carbocycles. The number of phosphoric ester groups is 2. The van der Waals surface area contributed by atoms with E-state index in [1.807, 2.05) is 66.8 Å². The lowest BCUT2D eigenvalue weighted by molar-refractivity contribution is -0.148. The minimum absolute atomic E-state index is 0.140. The predicted molar refractivity (Wildman–Crippen MR) is 260 cm³/mol. The van der Waals surface area contributed by atoms with Crippen molar-refractivity contribution in [3.63, 3.8) is 0 Å². The second kappa shape index (κ2) is 44.5. The summed E-state index contributed by atoms with van der Waals surface area (Å²) in [6.45, 7) is 0.157. The SMILES string of the molecule is CC\C=C/C=C/C=C/C=C\C=C\C=C\CCCCCC(=O)OCC(O)COP(=O)(O)OCC(O)COP(=O)(O)OCC(O)COC(=O)CCCCCCCCC/C=C\C/C=C\CCCCC. The molecule has 0 radical (unpaired) electrons. The largest absolute Gasteiger partial charge is 0.472 e. The molecule has 5 unspecified atom stereocenters. The van der Waals surface area contributed by atoms with Crippen molar-refractivity contribution < 1.29 is 71.4 Å². The Balaban J connectivity index is 3.97. The standard InChI is InChI=1S/C49H82O15P2/c1-3-5-7-9-11-13-15-17-19-21-23-25-27-29-31-33-35-37-48(53)59-39-45(50)41-61-65(55,56)63-43-47(52)44-64-66(57,58)62-42-46(51)40-60-49(54)38-36-34-32-30-28-26-24-22-20-18-16-14-12-10-8-6-4-2/h5,7,9,11-15,17-21,23,25,27,45-47,50-52H,3-4,6,8,10,16,22,24,26,28-44H2,1-2H3,(H,55,56)(H,57,58)/b7-5-,11-9+,14-12-,15-13+,19-17-,20-18-,23-21+,27-25+. The topological polar surface area (TPSA) is 225 Å². The van der Waals surface area contributed by atoms with Crippen molar-refractivity contribution in [2.75, 3.05) is 39.6 Å². The summed E-state index contributed by atoms with van der Waals surface area (Å²) in [5.74, 6) is -1.05. The van der Waals surface area contributed by atoms with Crippen molar-refractivity contribution in [1.82, 2.24) is 0 Å². The van der Waals surface area contributed by atoms with Gasteiger partial charge in [-0.2, -0.15) is 0 Å². The molecule has 0 aliphatic heterocycles. The number of esters is 2. The third-order valence-electron chi connectivity index (χ3n) is 9.18. The lowest BCUT2D eigenvalue weighted by Gasteiger charge is -2.19. The Bertz CT molecular complexity index is 1550. The van der Waals surface area contributed by atoms with Crippen LogP contribution in [0.5, 0.6) is 0 Å². The first-order chi connectivity index (χ1) is 31.8. The van der Waals surface area contributed by atoms with Crippen molar-refractivity contribution in [2.24, 2.45) is 0 Å². The maximum Gasteiger partial charge on any atom is 0.472 e. The Labute approximate surface area is 395 Å². The van der Waals surface area contributed by atoms with Gasteiger partial charge < -0.3 is 34.6 Å². The zero-order chi connectivity index (χ0) is 48.8. The highest BCUT2D eigenvalue weighted by atomic mass is 31.2. The Hall–Kier alpha value is -3.04. The molecule has 0 fully saturated rings. The van der Waals surface area contributed by atoms with Gasteiger partial charge in [-0.25, -0.2) is 9.13 Å². The normalized spacial score (nSPS) is 15.9. The summed E-state index contributed by atoms with van der Waals surface area (Å²) in [5, 5.41) is 30.0. The molecular formula is C49H82O15P2. The van der Waals surface area contributed by atoms with Gasteiger partial charge in [0.05, 0.1) is 26.4 Å². The maximum atomic E-state index is 12.2. The van der Waals surface area contributed by atoms with E-state index in [1.165, 1.54) is 38.5 Å². The third kappa shape index (κ3) is 46.1. The smallest absolute Gasteiger partial charge is 0.463 e. The molecule has 5 N–H and O–H groups in total. The number of phosphoric acid groups is 2. The van der Waals surface area contributed by atoms with E-state index in [2.05, 4.69) is 62.3 Å². The number of carbonyl (C=O) groups is 2. The van der Waals surface area contributed by atoms with Crippen molar-refractivity contribution in [3.05, 3.63) is 97.2 Å². The van der Waals surface area contributed by atoms with Gasteiger partial charge >= 0.3 is 27.6 Å². The van der Waals surface area contributed by atoms with Crippen LogP contribution in [0.2, 0.25) is 0 Å². The van der Waals surface area contributed by atoms with Gasteiger partial charge in [0.2, 0.25) is 0 Å². The molecule has 0 aliphatic rings. The van der Waals surface area contributed by atoms with Crippen LogP contribution in [-0.2, 0) is 46.3 Å². The van der Waals surface area contributed by atoms with Crippen LogP contribution in [0.1, 0.15) is 142 Å². The molecule has 0 saturated carbocycles. The summed E-state index contributed by atoms with van der Waals surface area (Å²) in [6.07, 6.45) is 46.8. The van der Waals surface area contributed by atoms with Crippen LogP contribution in [0.15, 0.2) is 97.2 Å². The van der Waals surface area contributed by atoms with E-state index < -0.39 is 85.5 Å². The second-order valence-corrected chi connectivity index (χ2v) is 18.4. The monoisotopic (exact) mass is 973 g/mol. The van der Waals surface area contributed by atoms with Gasteiger partial charge in [-0.15, -0.1) is 0 Å². The second-order valence-electron chi connectivity index (χ2n) is 15.5. The zero-order valence-electron chi connectivity index (χ0n) is 39.6. The molecule has 17 heteroatoms. The minimum Gasteiger partial charge on any atom is -0.463 e. The molecule has 0 aromatic rings. The lowest BCUT2D eigenvalue weighted by atomic mass is 10.1. The first-order valence-corrected chi connectivity index (χ1v) is 26.7. The van der Waals surface area contributed by atoms with Crippen LogP contribution >= 0.6 is 15.6 Å². The van der Waals surface area contributed by atoms with Crippen molar-refractivity contribution >= 4 is 27.6 Å². The van der Waals surface area contributed by atoms with Gasteiger partial charge in [0.25, 0.3) is 0 Å². The molecule has 0 saturated heterocycles. The summed E-state index contributed by atoms with van der Waals surface area (Å²) >= 11 is 0. The van der Waals surface area contributed by atoms with Gasteiger partial charge in [-0.1, -0.05) is 162 Å². The Morgan fingerprint density at radius 2 is 0.758 bits per heavy atom. The van der Waals surface area contributed by atoms with E-state index in [-0.39, 0.29) is 12.8 Å². The van der Waals surface area contributed by atoms with Crippen molar-refractivity contribution in [3.8, 4) is 0 Å². The summed E-state index contributed by atoms with van der Waals surface area (Å²) in [4.78, 5) is 43.7. The van der Waals surface area contributed by atoms with Gasteiger partial charge in [0.1, 0.15) is 31.5 Å². The first-order valence-electron chi connectivity index (χ1n) is 23.7. The van der Waals surface area contributed by atoms with Crippen molar-refractivity contribution in [1.29, 1.82) is 0 Å².